The lowest BCUT2D eigenvalue weighted by atomic mass is 9.54. The van der Waals surface area contributed by atoms with Crippen LogP contribution in [0.4, 0.5) is 8.78 Å². The zero-order valence-corrected chi connectivity index (χ0v) is 19.7. The zero-order valence-electron chi connectivity index (χ0n) is 17.3. The Morgan fingerprint density at radius 3 is 2.77 bits per heavy atom. The molecule has 1 aromatic carbocycles. The van der Waals surface area contributed by atoms with Gasteiger partial charge in [-0.05, 0) is 37.5 Å². The van der Waals surface area contributed by atoms with Crippen LogP contribution < -0.4 is 20.1 Å². The molecule has 0 amide bonds. The quantitative estimate of drug-likeness (QED) is 0.327. The molecule has 0 bridgehead atoms. The molecule has 168 valence electrons. The Morgan fingerprint density at radius 2 is 2.10 bits per heavy atom. The monoisotopic (exact) mass is 537 g/mol. The van der Waals surface area contributed by atoms with Crippen molar-refractivity contribution in [2.24, 2.45) is 16.3 Å². The Morgan fingerprint density at radius 1 is 1.33 bits per heavy atom. The van der Waals surface area contributed by atoms with Gasteiger partial charge in [-0.15, -0.1) is 24.0 Å². The maximum absolute atomic E-state index is 12.7. The topological polar surface area (TPSA) is 64.1 Å². The number of guanidine groups is 1. The first kappa shape index (κ1) is 23.3. The number of rotatable bonds is 6. The van der Waals surface area contributed by atoms with Crippen LogP contribution in [0.15, 0.2) is 23.2 Å². The number of hydrogen-bond acceptors (Lipinski definition) is 4. The highest BCUT2D eigenvalue weighted by Gasteiger charge is 2.65. The average molecular weight is 537 g/mol. The molecule has 1 heterocycles. The van der Waals surface area contributed by atoms with Crippen molar-refractivity contribution < 1.29 is 23.0 Å². The minimum absolute atomic E-state index is 0. The fourth-order valence-corrected chi connectivity index (χ4v) is 5.46. The summed E-state index contributed by atoms with van der Waals surface area (Å²) >= 11 is 0. The van der Waals surface area contributed by atoms with Gasteiger partial charge in [0.15, 0.2) is 5.96 Å². The molecule has 3 atom stereocenters. The summed E-state index contributed by atoms with van der Waals surface area (Å²) in [6.45, 7) is -1.75. The first-order valence-electron chi connectivity index (χ1n) is 10.3. The molecule has 3 aliphatic rings. The highest BCUT2D eigenvalue weighted by molar-refractivity contribution is 14.0. The standard InChI is InChI=1S/C21H29F2N3O3.HI/c1-24-20(25-12-13-11-14(27-2)5-6-16(13)29-19(22)23)26-17-15-7-10-28-18(15)21(17)8-3-4-9-21;/h5-6,11,15,17-19H,3-4,7-10,12H2,1-2H3,(H2,24,25,26);1H. The summed E-state index contributed by atoms with van der Waals surface area (Å²) in [5, 5.41) is 6.86. The molecule has 9 heteroatoms. The van der Waals surface area contributed by atoms with Crippen molar-refractivity contribution in [2.45, 2.75) is 57.4 Å². The highest BCUT2D eigenvalue weighted by atomic mass is 127. The number of fused-ring (bicyclic) bond motifs is 2. The van der Waals surface area contributed by atoms with E-state index >= 15 is 0 Å². The van der Waals surface area contributed by atoms with E-state index in [-0.39, 0.29) is 35.1 Å². The van der Waals surface area contributed by atoms with Crippen molar-refractivity contribution in [1.29, 1.82) is 0 Å². The van der Waals surface area contributed by atoms with Gasteiger partial charge in [-0.2, -0.15) is 8.78 Å². The molecule has 3 unspecified atom stereocenters. The van der Waals surface area contributed by atoms with E-state index in [1.54, 1.807) is 26.3 Å². The Bertz CT molecular complexity index is 759. The van der Waals surface area contributed by atoms with Crippen molar-refractivity contribution in [2.75, 3.05) is 20.8 Å². The third kappa shape index (κ3) is 4.32. The summed E-state index contributed by atoms with van der Waals surface area (Å²) in [6, 6.07) is 5.14. The molecule has 0 radical (unpaired) electrons. The molecule has 4 rings (SSSR count). The van der Waals surface area contributed by atoms with Crippen LogP contribution in [0.2, 0.25) is 0 Å². The second kappa shape index (κ2) is 9.84. The molecular formula is C21H30F2IN3O3. The Labute approximate surface area is 193 Å². The summed E-state index contributed by atoms with van der Waals surface area (Å²) in [4.78, 5) is 4.36. The molecule has 1 spiro atoms. The smallest absolute Gasteiger partial charge is 0.387 e. The van der Waals surface area contributed by atoms with Gasteiger partial charge in [0.1, 0.15) is 11.5 Å². The minimum atomic E-state index is -2.88. The Hall–Kier alpha value is -1.36. The first-order valence-corrected chi connectivity index (χ1v) is 10.3. The Balaban J connectivity index is 0.00000256. The van der Waals surface area contributed by atoms with E-state index in [2.05, 4.69) is 20.4 Å². The molecular weight excluding hydrogens is 507 g/mol. The first-order chi connectivity index (χ1) is 14.1. The predicted molar refractivity (Wildman–Crippen MR) is 121 cm³/mol. The number of ether oxygens (including phenoxy) is 3. The van der Waals surface area contributed by atoms with Crippen LogP contribution in [0.25, 0.3) is 0 Å². The van der Waals surface area contributed by atoms with E-state index in [0.29, 0.717) is 41.9 Å². The van der Waals surface area contributed by atoms with E-state index in [1.165, 1.54) is 31.7 Å². The number of nitrogens with zero attached hydrogens (tertiary/aromatic N) is 1. The van der Waals surface area contributed by atoms with Crippen LogP contribution in [0.5, 0.6) is 11.5 Å². The maximum Gasteiger partial charge on any atom is 0.387 e. The molecule has 3 fully saturated rings. The summed E-state index contributed by atoms with van der Waals surface area (Å²) < 4.78 is 41.4. The number of benzene rings is 1. The van der Waals surface area contributed by atoms with Crippen molar-refractivity contribution in [1.82, 2.24) is 10.6 Å². The summed E-state index contributed by atoms with van der Waals surface area (Å²) in [5.41, 5.74) is 0.789. The number of halogens is 3. The molecule has 6 nitrogen and oxygen atoms in total. The van der Waals surface area contributed by atoms with Crippen LogP contribution in [0.1, 0.15) is 37.7 Å². The zero-order chi connectivity index (χ0) is 20.4. The Kier molecular flexibility index (Phi) is 7.65. The lowest BCUT2D eigenvalue weighted by Crippen LogP contribution is -2.69. The van der Waals surface area contributed by atoms with Crippen molar-refractivity contribution in [3.63, 3.8) is 0 Å². The lowest BCUT2D eigenvalue weighted by molar-refractivity contribution is -0.125. The molecule has 2 N–H and O–H groups in total. The van der Waals surface area contributed by atoms with Crippen molar-refractivity contribution in [3.05, 3.63) is 23.8 Å². The van der Waals surface area contributed by atoms with Gasteiger partial charge in [-0.1, -0.05) is 12.8 Å². The highest BCUT2D eigenvalue weighted by Crippen LogP contribution is 2.60. The number of methoxy groups -OCH3 is 1. The van der Waals surface area contributed by atoms with Crippen LogP contribution >= 0.6 is 24.0 Å². The molecule has 1 aliphatic heterocycles. The second-order valence-electron chi connectivity index (χ2n) is 8.08. The van der Waals surface area contributed by atoms with Crippen LogP contribution in [-0.2, 0) is 11.3 Å². The largest absolute Gasteiger partial charge is 0.497 e. The average Bonchev–Trinajstić information content (AvgIpc) is 3.37. The summed E-state index contributed by atoms with van der Waals surface area (Å²) in [7, 11) is 3.26. The SMILES string of the molecule is CN=C(NCc1cc(OC)ccc1OC(F)F)NC1C2CCOC2C12CCCC2.I. The summed E-state index contributed by atoms with van der Waals surface area (Å²) in [6.07, 6.45) is 6.30. The second-order valence-corrected chi connectivity index (χ2v) is 8.08. The molecule has 30 heavy (non-hydrogen) atoms. The van der Waals surface area contributed by atoms with Crippen molar-refractivity contribution >= 4 is 29.9 Å². The van der Waals surface area contributed by atoms with Crippen LogP contribution in [-0.4, -0.2) is 45.5 Å². The van der Waals surface area contributed by atoms with Gasteiger partial charge < -0.3 is 24.8 Å². The van der Waals surface area contributed by atoms with E-state index in [4.69, 9.17) is 9.47 Å². The fraction of sp³-hybridized carbons (Fsp3) is 0.667. The van der Waals surface area contributed by atoms with Gasteiger partial charge in [0.25, 0.3) is 0 Å². The van der Waals surface area contributed by atoms with Gasteiger partial charge in [0.05, 0.1) is 13.2 Å². The summed E-state index contributed by atoms with van der Waals surface area (Å²) in [5.74, 6) is 1.89. The van der Waals surface area contributed by atoms with Gasteiger partial charge in [-0.25, -0.2) is 0 Å². The van der Waals surface area contributed by atoms with E-state index in [0.717, 1.165) is 13.0 Å². The number of alkyl halides is 2. The van der Waals surface area contributed by atoms with E-state index in [9.17, 15) is 8.78 Å². The van der Waals surface area contributed by atoms with Crippen molar-refractivity contribution in [3.8, 4) is 11.5 Å². The number of hydrogen-bond donors (Lipinski definition) is 2. The number of nitrogens with one attached hydrogen (secondary N) is 2. The van der Waals surface area contributed by atoms with E-state index in [1.807, 2.05) is 0 Å². The van der Waals surface area contributed by atoms with E-state index < -0.39 is 6.61 Å². The van der Waals surface area contributed by atoms with Gasteiger partial charge in [0.2, 0.25) is 0 Å². The predicted octanol–water partition coefficient (Wildman–Crippen LogP) is 3.93. The molecule has 2 aliphatic carbocycles. The van der Waals surface area contributed by atoms with Gasteiger partial charge in [-0.3, -0.25) is 4.99 Å². The minimum Gasteiger partial charge on any atom is -0.497 e. The third-order valence-corrected chi connectivity index (χ3v) is 6.73. The third-order valence-electron chi connectivity index (χ3n) is 6.73. The normalized spacial score (nSPS) is 26.7. The number of aliphatic imine (C=N–C) groups is 1. The van der Waals surface area contributed by atoms with Crippen LogP contribution in [0.3, 0.4) is 0 Å². The van der Waals surface area contributed by atoms with Gasteiger partial charge >= 0.3 is 6.61 Å². The molecule has 2 saturated carbocycles. The molecule has 1 aromatic rings. The molecule has 1 saturated heterocycles. The maximum atomic E-state index is 12.7. The van der Waals surface area contributed by atoms with Gasteiger partial charge in [0, 0.05) is 43.1 Å². The lowest BCUT2D eigenvalue weighted by Gasteiger charge is -2.57. The van der Waals surface area contributed by atoms with Crippen LogP contribution in [0, 0.1) is 11.3 Å². The fourth-order valence-electron chi connectivity index (χ4n) is 5.46. The molecule has 0 aromatic heterocycles.